The number of aromatic nitrogens is 4. The summed E-state index contributed by atoms with van der Waals surface area (Å²) in [5, 5.41) is -0.604. The van der Waals surface area contributed by atoms with Crippen LogP contribution in [0, 0.1) is 13.3 Å². The van der Waals surface area contributed by atoms with Gasteiger partial charge in [-0.15, -0.1) is 0 Å². The van der Waals surface area contributed by atoms with Gasteiger partial charge in [0, 0.05) is 28.6 Å². The summed E-state index contributed by atoms with van der Waals surface area (Å²) in [5.74, 6) is -2.07. The van der Waals surface area contributed by atoms with Crippen molar-refractivity contribution in [1.29, 1.82) is 0 Å². The lowest BCUT2D eigenvalue weighted by Crippen LogP contribution is -2.31. The smallest absolute Gasteiger partial charge is 0.269 e. The van der Waals surface area contributed by atoms with Crippen LogP contribution in [0.5, 0.6) is 11.5 Å². The van der Waals surface area contributed by atoms with Gasteiger partial charge in [0.25, 0.3) is 6.33 Å². The minimum atomic E-state index is -1.11. The fourth-order valence-electron chi connectivity index (χ4n) is 7.04. The van der Waals surface area contributed by atoms with Crippen molar-refractivity contribution in [2.24, 2.45) is 0 Å². The second-order valence-electron chi connectivity index (χ2n) is 15.1. The van der Waals surface area contributed by atoms with E-state index in [1.807, 2.05) is 0 Å². The lowest BCUT2D eigenvalue weighted by atomic mass is 9.88. The third kappa shape index (κ3) is 6.92. The summed E-state index contributed by atoms with van der Waals surface area (Å²) in [4.78, 5) is 4.31. The van der Waals surface area contributed by atoms with Crippen molar-refractivity contribution in [3.8, 4) is 62.1 Å². The van der Waals surface area contributed by atoms with Gasteiger partial charge in [-0.1, -0.05) is 171 Å². The summed E-state index contributed by atoms with van der Waals surface area (Å²) in [6.45, 7) is 6.29. The van der Waals surface area contributed by atoms with Gasteiger partial charge >= 0.3 is 0 Å². The molecule has 0 saturated heterocycles. The van der Waals surface area contributed by atoms with Gasteiger partial charge < -0.3 is 4.74 Å². The Hall–Kier alpha value is -8.02. The molecule has 0 N–H and O–H groups in total. The third-order valence-electron chi connectivity index (χ3n) is 9.92. The standard InChI is InChI=1S/C59H46N4O/c1-40-30-31-52-50(34-40)51-37-49(43-22-12-7-13-23-43)56(38-55(51)63(52)57-35-44(32-33-60-57)59(2,3)4)64-46-25-16-24-45(36-46)61-39-62(54-29-15-14-28-53(54)61)58-47(41-18-8-5-9-19-41)26-17-27-48(58)42-20-10-6-11-21-42/h5-38H,1-4H3/i5D,6D,7D,8D,9D,10D,11D,12D,13D,14D,15D,16D,17D,18D,19D,20D,21D,22D,23D,24D,25D,26D,27D,28D,29D,30D,31D,32D,33D,34D,35D,37D. The van der Waals surface area contributed by atoms with Gasteiger partial charge in [0.1, 0.15) is 17.3 Å². The highest BCUT2D eigenvalue weighted by atomic mass is 16.5. The Morgan fingerprint density at radius 2 is 1.20 bits per heavy atom. The second-order valence-corrected chi connectivity index (χ2v) is 15.1. The molecule has 5 nitrogen and oxygen atoms in total. The molecule has 0 atom stereocenters. The molecular formula is C59H46N4O. The summed E-state index contributed by atoms with van der Waals surface area (Å²) in [6, 6.07) is -26.7. The average Bonchev–Trinajstić information content (AvgIpc) is 1.47. The lowest BCUT2D eigenvalue weighted by molar-refractivity contribution is -0.571. The van der Waals surface area contributed by atoms with Crippen LogP contribution in [0.25, 0.3) is 83.4 Å². The molecule has 0 fully saturated rings. The molecule has 8 aromatic carbocycles. The minimum absolute atomic E-state index is 0.0312. The van der Waals surface area contributed by atoms with Crippen molar-refractivity contribution in [1.82, 2.24) is 14.1 Å². The molecule has 11 rings (SSSR count). The van der Waals surface area contributed by atoms with E-state index in [4.69, 9.17) is 30.8 Å². The average molecular weight is 859 g/mol. The molecule has 11 aromatic rings. The van der Waals surface area contributed by atoms with E-state index in [0.29, 0.717) is 9.13 Å². The van der Waals surface area contributed by atoms with Crippen LogP contribution in [0.1, 0.15) is 75.8 Å². The number of ether oxygens (including phenoxy) is 1. The highest BCUT2D eigenvalue weighted by Crippen LogP contribution is 2.43. The van der Waals surface area contributed by atoms with E-state index in [-0.39, 0.29) is 32.9 Å². The van der Waals surface area contributed by atoms with E-state index >= 15 is 0 Å². The zero-order chi connectivity index (χ0) is 71.2. The van der Waals surface area contributed by atoms with Crippen LogP contribution in [0.4, 0.5) is 0 Å². The molecule has 3 heterocycles. The first-order valence-electron chi connectivity index (χ1n) is 35.3. The first-order valence-corrected chi connectivity index (χ1v) is 19.3. The van der Waals surface area contributed by atoms with E-state index in [1.54, 1.807) is 20.8 Å². The van der Waals surface area contributed by atoms with Crippen LogP contribution < -0.4 is 9.30 Å². The monoisotopic (exact) mass is 859 g/mol. The van der Waals surface area contributed by atoms with Gasteiger partial charge in [-0.05, 0) is 94.1 Å². The molecule has 0 unspecified atom stereocenters. The molecule has 64 heavy (non-hydrogen) atoms. The number of rotatable bonds is 8. The van der Waals surface area contributed by atoms with Crippen molar-refractivity contribution in [2.75, 3.05) is 0 Å². The van der Waals surface area contributed by atoms with E-state index in [1.165, 1.54) is 6.92 Å². The SMILES string of the molecule is [2H]c1nc(-n2c3cc(Oc4cc(-n5[c-][n+](-c6c(-c7c([2H])c([2H])c([2H])c([2H])c7[2H])c([2H])c([2H])c([2H])c6-c6c([2H])c([2H])c([2H])c([2H])c6[2H])c6c([2H])c([2H])c([2H])c([2H])c65)c([2H])c([2H])c4[2H])c(-c4c([2H])c([2H])c([2H])c([2H])c4[2H])c([2H])c3c3c([2H])c(C)c([2H])c([2H])c32)c([2H])c(C(C)(C)C)c1[2H]. The number of para-hydroxylation sites is 3. The summed E-state index contributed by atoms with van der Waals surface area (Å²) in [7, 11) is 0. The van der Waals surface area contributed by atoms with Crippen molar-refractivity contribution < 1.29 is 53.2 Å². The molecule has 0 radical (unpaired) electrons. The van der Waals surface area contributed by atoms with Crippen LogP contribution in [0.2, 0.25) is 0 Å². The summed E-state index contributed by atoms with van der Waals surface area (Å²) >= 11 is 0. The van der Waals surface area contributed by atoms with Gasteiger partial charge in [-0.3, -0.25) is 13.7 Å². The fourth-order valence-corrected chi connectivity index (χ4v) is 7.04. The molecule has 5 heteroatoms. The number of hydrogen-bond acceptors (Lipinski definition) is 2. The predicted molar refractivity (Wildman–Crippen MR) is 262 cm³/mol. The minimum Gasteiger partial charge on any atom is -0.457 e. The van der Waals surface area contributed by atoms with Crippen LogP contribution in [0.15, 0.2) is 206 Å². The first-order chi connectivity index (χ1) is 44.6. The van der Waals surface area contributed by atoms with Gasteiger partial charge in [0.15, 0.2) is 0 Å². The summed E-state index contributed by atoms with van der Waals surface area (Å²) in [5.41, 5.74) is -10.1. The predicted octanol–water partition coefficient (Wildman–Crippen LogP) is 14.6. The molecule has 0 bridgehead atoms. The number of nitrogens with zero attached hydrogens (tertiary/aromatic N) is 4. The van der Waals surface area contributed by atoms with Crippen LogP contribution in [0.3, 0.4) is 0 Å². The van der Waals surface area contributed by atoms with Gasteiger partial charge in [0.2, 0.25) is 0 Å². The van der Waals surface area contributed by atoms with Crippen molar-refractivity contribution in [3.05, 3.63) is 223 Å². The molecule has 3 aromatic heterocycles. The Bertz CT molecular complexity index is 5240. The molecule has 0 saturated carbocycles. The number of hydrogen-bond donors (Lipinski definition) is 0. The van der Waals surface area contributed by atoms with Crippen LogP contribution in [-0.4, -0.2) is 14.1 Å². The van der Waals surface area contributed by atoms with Gasteiger partial charge in [-0.25, -0.2) is 4.98 Å². The lowest BCUT2D eigenvalue weighted by Gasteiger charge is -2.20. The van der Waals surface area contributed by atoms with Crippen LogP contribution in [-0.2, 0) is 5.41 Å². The third-order valence-corrected chi connectivity index (χ3v) is 9.92. The maximum atomic E-state index is 10.2. The molecule has 0 spiro atoms. The van der Waals surface area contributed by atoms with E-state index in [9.17, 15) is 17.8 Å². The normalized spacial score (nSPS) is 18.8. The van der Waals surface area contributed by atoms with Gasteiger partial charge in [0.05, 0.1) is 77.3 Å². The van der Waals surface area contributed by atoms with Crippen molar-refractivity contribution in [3.63, 3.8) is 0 Å². The molecule has 0 aliphatic rings. The Kier molecular flexibility index (Phi) is 4.33. The maximum Gasteiger partial charge on any atom is 0.269 e. The van der Waals surface area contributed by atoms with Crippen molar-refractivity contribution >= 4 is 32.8 Å². The molecule has 0 aliphatic carbocycles. The Morgan fingerprint density at radius 1 is 0.578 bits per heavy atom. The number of fused-ring (bicyclic) bond motifs is 4. The van der Waals surface area contributed by atoms with Crippen LogP contribution >= 0.6 is 0 Å². The Labute approximate surface area is 418 Å². The topological polar surface area (TPSA) is 35.9 Å². The summed E-state index contributed by atoms with van der Waals surface area (Å²) < 4.78 is 300. The van der Waals surface area contributed by atoms with Gasteiger partial charge in [-0.2, -0.15) is 0 Å². The van der Waals surface area contributed by atoms with Crippen molar-refractivity contribution in [2.45, 2.75) is 33.1 Å². The number of pyridine rings is 1. The second kappa shape index (κ2) is 15.7. The Balaban J connectivity index is 1.33. The quantitative estimate of drug-likeness (QED) is 0.113. The van der Waals surface area contributed by atoms with E-state index < -0.39 is 272 Å². The first kappa shape index (κ1) is 17.6. The maximum absolute atomic E-state index is 10.2. The zero-order valence-electron chi connectivity index (χ0n) is 65.9. The Morgan fingerprint density at radius 3 is 1.89 bits per heavy atom. The molecule has 0 amide bonds. The highest BCUT2D eigenvalue weighted by Gasteiger charge is 2.23. The largest absolute Gasteiger partial charge is 0.457 e. The fraction of sp³-hybridized carbons (Fsp3) is 0.0847. The molecular weight excluding hydrogens is 781 g/mol. The summed E-state index contributed by atoms with van der Waals surface area (Å²) in [6.07, 6.45) is 2.03. The van der Waals surface area contributed by atoms with E-state index in [0.717, 1.165) is 16.7 Å². The zero-order valence-corrected chi connectivity index (χ0v) is 33.9. The van der Waals surface area contributed by atoms with E-state index in [2.05, 4.69) is 11.3 Å². The molecule has 308 valence electrons. The molecule has 0 aliphatic heterocycles. The highest BCUT2D eigenvalue weighted by molar-refractivity contribution is 6.11. The number of benzene rings is 8. The number of imidazole rings is 1.